The predicted octanol–water partition coefficient (Wildman–Crippen LogP) is 4.84. The summed E-state index contributed by atoms with van der Waals surface area (Å²) in [7, 11) is 0. The second kappa shape index (κ2) is 9.21. The number of aryl methyl sites for hydroxylation is 1. The Morgan fingerprint density at radius 3 is 2.85 bits per heavy atom. The van der Waals surface area contributed by atoms with Gasteiger partial charge in [0, 0.05) is 25.0 Å². The van der Waals surface area contributed by atoms with E-state index in [0.717, 1.165) is 103 Å². The van der Waals surface area contributed by atoms with Gasteiger partial charge in [-0.2, -0.15) is 0 Å². The number of pyridine rings is 1. The molecule has 172 valence electrons. The molecule has 5 heterocycles. The number of furan rings is 1. The van der Waals surface area contributed by atoms with Gasteiger partial charge in [0.15, 0.2) is 10.9 Å². The van der Waals surface area contributed by atoms with Gasteiger partial charge in [0.05, 0.1) is 29.7 Å². The van der Waals surface area contributed by atoms with E-state index < -0.39 is 0 Å². The molecule has 4 aromatic heterocycles. The number of hydrogen-bond donors (Lipinski definition) is 1. The van der Waals surface area contributed by atoms with Gasteiger partial charge in [-0.3, -0.25) is 4.90 Å². The number of morpholine rings is 1. The highest BCUT2D eigenvalue weighted by Gasteiger charge is 2.26. The van der Waals surface area contributed by atoms with E-state index in [9.17, 15) is 0 Å². The molecule has 7 nitrogen and oxygen atoms in total. The SMILES string of the molecule is CSc1nc(NCCCN2CCOCC2)c2sc3nc(-c4ccco4)c4c(c3c2n1)CCC4. The van der Waals surface area contributed by atoms with Crippen LogP contribution in [0.1, 0.15) is 24.0 Å². The lowest BCUT2D eigenvalue weighted by Crippen LogP contribution is -2.37. The average Bonchev–Trinajstić information content (AvgIpc) is 3.61. The van der Waals surface area contributed by atoms with Gasteiger partial charge in [-0.25, -0.2) is 15.0 Å². The topological polar surface area (TPSA) is 76.3 Å². The molecule has 0 unspecified atom stereocenters. The molecule has 0 atom stereocenters. The third-order valence-electron chi connectivity index (χ3n) is 6.50. The minimum absolute atomic E-state index is 0.805. The summed E-state index contributed by atoms with van der Waals surface area (Å²) in [5.41, 5.74) is 4.74. The first kappa shape index (κ1) is 21.3. The Bertz CT molecular complexity index is 1280. The fourth-order valence-electron chi connectivity index (χ4n) is 4.91. The first-order valence-electron chi connectivity index (χ1n) is 11.6. The van der Waals surface area contributed by atoms with Crippen molar-refractivity contribution in [2.75, 3.05) is 51.0 Å². The molecule has 0 radical (unpaired) electrons. The zero-order chi connectivity index (χ0) is 22.2. The summed E-state index contributed by atoms with van der Waals surface area (Å²) in [4.78, 5) is 18.4. The summed E-state index contributed by atoms with van der Waals surface area (Å²) in [5.74, 6) is 1.78. The Labute approximate surface area is 200 Å². The lowest BCUT2D eigenvalue weighted by atomic mass is 10.0. The quantitative estimate of drug-likeness (QED) is 0.228. The van der Waals surface area contributed by atoms with Crippen LogP contribution in [0.4, 0.5) is 5.82 Å². The van der Waals surface area contributed by atoms with E-state index in [4.69, 9.17) is 24.1 Å². The summed E-state index contributed by atoms with van der Waals surface area (Å²) >= 11 is 3.29. The largest absolute Gasteiger partial charge is 0.463 e. The maximum atomic E-state index is 5.73. The minimum Gasteiger partial charge on any atom is -0.463 e. The van der Waals surface area contributed by atoms with E-state index in [1.54, 1.807) is 29.4 Å². The summed E-state index contributed by atoms with van der Waals surface area (Å²) in [6, 6.07) is 3.94. The van der Waals surface area contributed by atoms with Crippen LogP contribution in [-0.4, -0.2) is 65.5 Å². The van der Waals surface area contributed by atoms with Gasteiger partial charge < -0.3 is 14.5 Å². The first-order chi connectivity index (χ1) is 16.3. The third kappa shape index (κ3) is 4.01. The molecule has 1 saturated heterocycles. The van der Waals surface area contributed by atoms with E-state index in [1.165, 1.54) is 16.5 Å². The zero-order valence-electron chi connectivity index (χ0n) is 18.7. The number of hydrogen-bond acceptors (Lipinski definition) is 9. The number of thioether (sulfide) groups is 1. The van der Waals surface area contributed by atoms with Crippen molar-refractivity contribution >= 4 is 49.3 Å². The molecule has 1 N–H and O–H groups in total. The molecule has 2 aliphatic rings. The van der Waals surface area contributed by atoms with Gasteiger partial charge in [-0.05, 0) is 61.7 Å². The molecule has 6 rings (SSSR count). The first-order valence-corrected chi connectivity index (χ1v) is 13.6. The van der Waals surface area contributed by atoms with E-state index in [2.05, 4.69) is 10.2 Å². The van der Waals surface area contributed by atoms with Gasteiger partial charge in [-0.1, -0.05) is 11.8 Å². The molecular formula is C24H27N5O2S2. The molecule has 0 bridgehead atoms. The monoisotopic (exact) mass is 481 g/mol. The molecule has 0 amide bonds. The van der Waals surface area contributed by atoms with Crippen molar-refractivity contribution in [2.45, 2.75) is 30.8 Å². The zero-order valence-corrected chi connectivity index (χ0v) is 20.4. The predicted molar refractivity (Wildman–Crippen MR) is 135 cm³/mol. The minimum atomic E-state index is 0.805. The molecule has 1 aliphatic carbocycles. The van der Waals surface area contributed by atoms with Crippen molar-refractivity contribution in [3.63, 3.8) is 0 Å². The van der Waals surface area contributed by atoms with Gasteiger partial charge in [0.25, 0.3) is 0 Å². The van der Waals surface area contributed by atoms with Crippen molar-refractivity contribution in [1.29, 1.82) is 0 Å². The van der Waals surface area contributed by atoms with Crippen LogP contribution in [0.25, 0.3) is 31.9 Å². The highest BCUT2D eigenvalue weighted by atomic mass is 32.2. The summed E-state index contributed by atoms with van der Waals surface area (Å²) < 4.78 is 12.3. The number of thiophene rings is 1. The highest BCUT2D eigenvalue weighted by molar-refractivity contribution is 7.98. The van der Waals surface area contributed by atoms with Crippen LogP contribution in [0.5, 0.6) is 0 Å². The number of rotatable bonds is 7. The lowest BCUT2D eigenvalue weighted by molar-refractivity contribution is 0.0378. The summed E-state index contributed by atoms with van der Waals surface area (Å²) in [5, 5.41) is 5.63. The van der Waals surface area contributed by atoms with Crippen LogP contribution in [0, 0.1) is 0 Å². The third-order valence-corrected chi connectivity index (χ3v) is 8.12. The van der Waals surface area contributed by atoms with E-state index >= 15 is 0 Å². The van der Waals surface area contributed by atoms with Crippen molar-refractivity contribution < 1.29 is 9.15 Å². The van der Waals surface area contributed by atoms with Crippen molar-refractivity contribution in [3.05, 3.63) is 29.5 Å². The van der Waals surface area contributed by atoms with Gasteiger partial charge in [0.1, 0.15) is 16.3 Å². The van der Waals surface area contributed by atoms with Gasteiger partial charge in [0.2, 0.25) is 0 Å². The smallest absolute Gasteiger partial charge is 0.189 e. The Morgan fingerprint density at radius 2 is 2.03 bits per heavy atom. The number of fused-ring (bicyclic) bond motifs is 5. The number of ether oxygens (including phenoxy) is 1. The molecule has 1 aliphatic heterocycles. The van der Waals surface area contributed by atoms with E-state index in [-0.39, 0.29) is 0 Å². The maximum absolute atomic E-state index is 5.73. The second-order valence-electron chi connectivity index (χ2n) is 8.50. The number of anilines is 1. The summed E-state index contributed by atoms with van der Waals surface area (Å²) in [6.45, 7) is 5.70. The summed E-state index contributed by atoms with van der Waals surface area (Å²) in [6.07, 6.45) is 8.08. The average molecular weight is 482 g/mol. The fraction of sp³-hybridized carbons (Fsp3) is 0.458. The molecule has 1 fully saturated rings. The molecule has 9 heteroatoms. The highest BCUT2D eigenvalue weighted by Crippen LogP contribution is 2.44. The number of aromatic nitrogens is 3. The molecule has 0 saturated carbocycles. The van der Waals surface area contributed by atoms with Crippen molar-refractivity contribution in [2.24, 2.45) is 0 Å². The van der Waals surface area contributed by atoms with Crippen LogP contribution in [-0.2, 0) is 17.6 Å². The Hall–Kier alpha value is -2.20. The number of nitrogens with one attached hydrogen (secondary N) is 1. The van der Waals surface area contributed by atoms with E-state index in [1.807, 2.05) is 18.4 Å². The van der Waals surface area contributed by atoms with Crippen LogP contribution in [0.2, 0.25) is 0 Å². The molecular weight excluding hydrogens is 454 g/mol. The van der Waals surface area contributed by atoms with Crippen molar-refractivity contribution in [1.82, 2.24) is 19.9 Å². The van der Waals surface area contributed by atoms with Gasteiger partial charge >= 0.3 is 0 Å². The Morgan fingerprint density at radius 1 is 1.15 bits per heavy atom. The van der Waals surface area contributed by atoms with Crippen LogP contribution in [0.3, 0.4) is 0 Å². The van der Waals surface area contributed by atoms with Crippen LogP contribution >= 0.6 is 23.1 Å². The molecule has 0 spiro atoms. The fourth-order valence-corrected chi connectivity index (χ4v) is 6.38. The van der Waals surface area contributed by atoms with Crippen LogP contribution < -0.4 is 5.32 Å². The molecule has 33 heavy (non-hydrogen) atoms. The van der Waals surface area contributed by atoms with Crippen LogP contribution in [0.15, 0.2) is 28.0 Å². The normalized spacial score (nSPS) is 16.6. The van der Waals surface area contributed by atoms with E-state index in [0.29, 0.717) is 0 Å². The number of nitrogens with zero attached hydrogens (tertiary/aromatic N) is 4. The van der Waals surface area contributed by atoms with Gasteiger partial charge in [-0.15, -0.1) is 11.3 Å². The van der Waals surface area contributed by atoms with Crippen molar-refractivity contribution in [3.8, 4) is 11.5 Å². The Kier molecular flexibility index (Phi) is 5.96. The standard InChI is InChI=1S/C24H27N5O2S2/c1-32-24-27-20-18-15-5-2-6-16(15)19(17-7-3-12-31-17)26-23(18)33-21(20)22(28-24)25-8-4-9-29-10-13-30-14-11-29/h3,7,12H,2,4-6,8-11,13-14H2,1H3,(H,25,27,28). The second-order valence-corrected chi connectivity index (χ2v) is 10.3. The molecule has 4 aromatic rings. The Balaban J connectivity index is 1.37. The lowest BCUT2D eigenvalue weighted by Gasteiger charge is -2.26. The maximum Gasteiger partial charge on any atom is 0.189 e. The molecule has 0 aromatic carbocycles.